The van der Waals surface area contributed by atoms with Crippen molar-refractivity contribution in [3.05, 3.63) is 0 Å². The molecule has 0 bridgehead atoms. The molecule has 1 saturated heterocycles. The molecule has 0 aromatic rings. The van der Waals surface area contributed by atoms with Crippen LogP contribution in [0.15, 0.2) is 0 Å². The molecule has 0 saturated carbocycles. The summed E-state index contributed by atoms with van der Waals surface area (Å²) in [6.45, 7) is 7.96. The molecule has 106 valence electrons. The minimum Gasteiger partial charge on any atom is -0.383 e. The number of piperidine rings is 1. The molecule has 3 unspecified atom stereocenters. The maximum absolute atomic E-state index is 12.0. The van der Waals surface area contributed by atoms with Crippen molar-refractivity contribution in [2.75, 3.05) is 39.9 Å². The number of ether oxygens (including phenoxy) is 1. The van der Waals surface area contributed by atoms with E-state index in [1.165, 1.54) is 0 Å². The van der Waals surface area contributed by atoms with Gasteiger partial charge in [0.1, 0.15) is 0 Å². The lowest BCUT2D eigenvalue weighted by atomic mass is 9.86. The number of rotatable bonds is 6. The first-order valence-electron chi connectivity index (χ1n) is 6.80. The van der Waals surface area contributed by atoms with Crippen molar-refractivity contribution in [1.29, 1.82) is 0 Å². The van der Waals surface area contributed by atoms with Crippen molar-refractivity contribution >= 4 is 5.91 Å². The molecule has 1 fully saturated rings. The molecule has 0 aromatic heterocycles. The van der Waals surface area contributed by atoms with Crippen LogP contribution in [0.3, 0.4) is 0 Å². The second kappa shape index (κ2) is 7.71. The topological polar surface area (TPSA) is 67.6 Å². The van der Waals surface area contributed by atoms with Crippen molar-refractivity contribution in [3.8, 4) is 0 Å². The summed E-state index contributed by atoms with van der Waals surface area (Å²) in [5.74, 6) is 1.25. The van der Waals surface area contributed by atoms with Gasteiger partial charge in [-0.2, -0.15) is 0 Å². The highest BCUT2D eigenvalue weighted by Crippen LogP contribution is 2.23. The standard InChI is InChI=1S/C13H27N3O2/c1-10-4-6-16(9-12(10)8-14)11(2)13(17)15-5-7-18-3/h10-12H,4-9,14H2,1-3H3,(H,15,17). The number of nitrogens with two attached hydrogens (primary N) is 1. The van der Waals surface area contributed by atoms with Crippen LogP contribution in [0.2, 0.25) is 0 Å². The third-order valence-electron chi connectivity index (χ3n) is 3.98. The number of hydrogen-bond donors (Lipinski definition) is 2. The van der Waals surface area contributed by atoms with Crippen LogP contribution in [0.4, 0.5) is 0 Å². The zero-order valence-electron chi connectivity index (χ0n) is 11.8. The molecule has 0 aliphatic carbocycles. The summed E-state index contributed by atoms with van der Waals surface area (Å²) in [7, 11) is 1.63. The Bertz CT molecular complexity index is 261. The summed E-state index contributed by atoms with van der Waals surface area (Å²) >= 11 is 0. The maximum Gasteiger partial charge on any atom is 0.237 e. The summed E-state index contributed by atoms with van der Waals surface area (Å²) in [5.41, 5.74) is 5.79. The fraction of sp³-hybridized carbons (Fsp3) is 0.923. The van der Waals surface area contributed by atoms with Gasteiger partial charge in [0.2, 0.25) is 5.91 Å². The van der Waals surface area contributed by atoms with E-state index in [-0.39, 0.29) is 11.9 Å². The van der Waals surface area contributed by atoms with E-state index >= 15 is 0 Å². The summed E-state index contributed by atoms with van der Waals surface area (Å²) < 4.78 is 4.92. The van der Waals surface area contributed by atoms with Gasteiger partial charge >= 0.3 is 0 Å². The molecular weight excluding hydrogens is 230 g/mol. The van der Waals surface area contributed by atoms with Gasteiger partial charge in [-0.15, -0.1) is 0 Å². The minimum atomic E-state index is -0.0802. The summed E-state index contributed by atoms with van der Waals surface area (Å²) in [6, 6.07) is -0.0802. The first-order valence-corrected chi connectivity index (χ1v) is 6.80. The number of amides is 1. The van der Waals surface area contributed by atoms with Crippen molar-refractivity contribution < 1.29 is 9.53 Å². The van der Waals surface area contributed by atoms with E-state index in [9.17, 15) is 4.79 Å². The largest absolute Gasteiger partial charge is 0.383 e. The molecule has 0 aromatic carbocycles. The van der Waals surface area contributed by atoms with E-state index in [0.29, 0.717) is 31.5 Å². The van der Waals surface area contributed by atoms with Crippen molar-refractivity contribution in [2.24, 2.45) is 17.6 Å². The highest BCUT2D eigenvalue weighted by Gasteiger charge is 2.30. The average molecular weight is 257 g/mol. The SMILES string of the molecule is COCCNC(=O)C(C)N1CCC(C)C(CN)C1. The Hall–Kier alpha value is -0.650. The highest BCUT2D eigenvalue weighted by molar-refractivity contribution is 5.81. The lowest BCUT2D eigenvalue weighted by Gasteiger charge is -2.39. The predicted molar refractivity (Wildman–Crippen MR) is 72.2 cm³/mol. The predicted octanol–water partition coefficient (Wildman–Crippen LogP) is 0.0542. The van der Waals surface area contributed by atoms with Crippen LogP contribution >= 0.6 is 0 Å². The van der Waals surface area contributed by atoms with Gasteiger partial charge in [-0.1, -0.05) is 6.92 Å². The smallest absolute Gasteiger partial charge is 0.237 e. The van der Waals surface area contributed by atoms with Crippen molar-refractivity contribution in [3.63, 3.8) is 0 Å². The first-order chi connectivity index (χ1) is 8.60. The van der Waals surface area contributed by atoms with E-state index in [1.807, 2.05) is 6.92 Å². The Morgan fingerprint density at radius 1 is 1.61 bits per heavy atom. The molecular formula is C13H27N3O2. The van der Waals surface area contributed by atoms with Gasteiger partial charge in [0.15, 0.2) is 0 Å². The zero-order valence-corrected chi connectivity index (χ0v) is 11.8. The van der Waals surface area contributed by atoms with Gasteiger partial charge in [0.05, 0.1) is 12.6 Å². The van der Waals surface area contributed by atoms with Gasteiger partial charge in [-0.3, -0.25) is 9.69 Å². The van der Waals surface area contributed by atoms with E-state index in [1.54, 1.807) is 7.11 Å². The van der Waals surface area contributed by atoms with Gasteiger partial charge < -0.3 is 15.8 Å². The number of methoxy groups -OCH3 is 1. The molecule has 18 heavy (non-hydrogen) atoms. The summed E-state index contributed by atoms with van der Waals surface area (Å²) in [6.07, 6.45) is 1.12. The van der Waals surface area contributed by atoms with E-state index in [4.69, 9.17) is 10.5 Å². The van der Waals surface area contributed by atoms with E-state index in [2.05, 4.69) is 17.1 Å². The molecule has 1 amide bonds. The van der Waals surface area contributed by atoms with Crippen LogP contribution in [-0.4, -0.2) is 56.7 Å². The fourth-order valence-corrected chi connectivity index (χ4v) is 2.43. The Morgan fingerprint density at radius 2 is 2.33 bits per heavy atom. The van der Waals surface area contributed by atoms with Crippen LogP contribution in [-0.2, 0) is 9.53 Å². The third-order valence-corrected chi connectivity index (χ3v) is 3.98. The third kappa shape index (κ3) is 4.23. The first kappa shape index (κ1) is 15.4. The number of hydrogen-bond acceptors (Lipinski definition) is 4. The van der Waals surface area contributed by atoms with Crippen molar-refractivity contribution in [1.82, 2.24) is 10.2 Å². The molecule has 1 rings (SSSR count). The van der Waals surface area contributed by atoms with Crippen LogP contribution in [0, 0.1) is 11.8 Å². The maximum atomic E-state index is 12.0. The molecule has 0 spiro atoms. The van der Waals surface area contributed by atoms with Gasteiger partial charge in [-0.25, -0.2) is 0 Å². The van der Waals surface area contributed by atoms with Crippen LogP contribution in [0.25, 0.3) is 0 Å². The zero-order chi connectivity index (χ0) is 13.5. The number of nitrogens with zero attached hydrogens (tertiary/aromatic N) is 1. The molecule has 5 nitrogen and oxygen atoms in total. The Kier molecular flexibility index (Phi) is 6.60. The average Bonchev–Trinajstić information content (AvgIpc) is 2.38. The quantitative estimate of drug-likeness (QED) is 0.660. The van der Waals surface area contributed by atoms with Gasteiger partial charge in [-0.05, 0) is 38.3 Å². The number of nitrogens with one attached hydrogen (secondary N) is 1. The molecule has 1 aliphatic heterocycles. The second-order valence-electron chi connectivity index (χ2n) is 5.22. The Morgan fingerprint density at radius 3 is 2.94 bits per heavy atom. The molecule has 3 N–H and O–H groups in total. The minimum absolute atomic E-state index is 0.0802. The van der Waals surface area contributed by atoms with Gasteiger partial charge in [0, 0.05) is 20.2 Å². The number of likely N-dealkylation sites (tertiary alicyclic amines) is 1. The summed E-state index contributed by atoms with van der Waals surface area (Å²) in [4.78, 5) is 14.2. The lowest BCUT2D eigenvalue weighted by molar-refractivity contribution is -0.127. The molecule has 1 aliphatic rings. The van der Waals surface area contributed by atoms with E-state index in [0.717, 1.165) is 19.5 Å². The Balaban J connectivity index is 2.41. The molecule has 0 radical (unpaired) electrons. The molecule has 1 heterocycles. The van der Waals surface area contributed by atoms with Crippen LogP contribution in [0.1, 0.15) is 20.3 Å². The number of carbonyl (C=O) groups is 1. The van der Waals surface area contributed by atoms with Crippen molar-refractivity contribution in [2.45, 2.75) is 26.3 Å². The second-order valence-corrected chi connectivity index (χ2v) is 5.22. The van der Waals surface area contributed by atoms with Crippen LogP contribution < -0.4 is 11.1 Å². The lowest BCUT2D eigenvalue weighted by Crippen LogP contribution is -2.52. The monoisotopic (exact) mass is 257 g/mol. The number of carbonyl (C=O) groups excluding carboxylic acids is 1. The molecule has 5 heteroatoms. The van der Waals surface area contributed by atoms with E-state index < -0.39 is 0 Å². The van der Waals surface area contributed by atoms with Gasteiger partial charge in [0.25, 0.3) is 0 Å². The summed E-state index contributed by atoms with van der Waals surface area (Å²) in [5, 5.41) is 2.89. The fourth-order valence-electron chi connectivity index (χ4n) is 2.43. The molecule has 3 atom stereocenters. The highest BCUT2D eigenvalue weighted by atomic mass is 16.5. The van der Waals surface area contributed by atoms with Crippen LogP contribution in [0.5, 0.6) is 0 Å². The Labute approximate surface area is 110 Å². The normalized spacial score (nSPS) is 26.9.